The summed E-state index contributed by atoms with van der Waals surface area (Å²) in [5, 5.41) is 20.6. The van der Waals surface area contributed by atoms with Gasteiger partial charge in [0.1, 0.15) is 5.75 Å². The first kappa shape index (κ1) is 16.8. The van der Waals surface area contributed by atoms with E-state index in [1.54, 1.807) is 18.2 Å². The Labute approximate surface area is 151 Å². The number of hydrogen-bond donors (Lipinski definition) is 2. The third-order valence-electron chi connectivity index (χ3n) is 4.75. The summed E-state index contributed by atoms with van der Waals surface area (Å²) in [5.41, 5.74) is 1.61. The number of nitrogens with zero attached hydrogens (tertiary/aromatic N) is 1. The summed E-state index contributed by atoms with van der Waals surface area (Å²) in [7, 11) is 1.51. The highest BCUT2D eigenvalue weighted by Crippen LogP contribution is 2.44. The highest BCUT2D eigenvalue weighted by molar-refractivity contribution is 5.55. The van der Waals surface area contributed by atoms with Gasteiger partial charge in [-0.2, -0.15) is 0 Å². The van der Waals surface area contributed by atoms with Crippen LogP contribution in [0.2, 0.25) is 0 Å². The molecule has 2 N–H and O–H groups in total. The van der Waals surface area contributed by atoms with Crippen molar-refractivity contribution in [2.45, 2.75) is 6.04 Å². The minimum Gasteiger partial charge on any atom is -0.507 e. The Morgan fingerprint density at radius 3 is 2.46 bits per heavy atom. The zero-order valence-corrected chi connectivity index (χ0v) is 14.5. The Morgan fingerprint density at radius 1 is 1.00 bits per heavy atom. The SMILES string of the molecule is COc1cc([C@@H](c2cc3c(cc2O)OCO3)N2CCOCC2)ccc1O. The van der Waals surface area contributed by atoms with Crippen LogP contribution in [0.25, 0.3) is 0 Å². The predicted molar refractivity (Wildman–Crippen MR) is 93.1 cm³/mol. The second-order valence-corrected chi connectivity index (χ2v) is 6.25. The van der Waals surface area contributed by atoms with Crippen LogP contribution in [0.4, 0.5) is 0 Å². The summed E-state index contributed by atoms with van der Waals surface area (Å²) in [6, 6.07) is 8.40. The van der Waals surface area contributed by atoms with Crippen molar-refractivity contribution in [2.24, 2.45) is 0 Å². The van der Waals surface area contributed by atoms with Gasteiger partial charge in [-0.05, 0) is 23.8 Å². The molecule has 2 aliphatic rings. The molecule has 0 aliphatic carbocycles. The molecule has 0 saturated carbocycles. The lowest BCUT2D eigenvalue weighted by Gasteiger charge is -2.35. The number of rotatable bonds is 4. The van der Waals surface area contributed by atoms with Crippen LogP contribution in [-0.2, 0) is 4.74 Å². The highest BCUT2D eigenvalue weighted by atomic mass is 16.7. The smallest absolute Gasteiger partial charge is 0.231 e. The van der Waals surface area contributed by atoms with Gasteiger partial charge in [0.25, 0.3) is 0 Å². The molecule has 7 heteroatoms. The molecule has 26 heavy (non-hydrogen) atoms. The lowest BCUT2D eigenvalue weighted by Crippen LogP contribution is -2.39. The summed E-state index contributed by atoms with van der Waals surface area (Å²) < 4.78 is 21.6. The van der Waals surface area contributed by atoms with Crippen LogP contribution in [0, 0.1) is 0 Å². The third kappa shape index (κ3) is 3.00. The summed E-state index contributed by atoms with van der Waals surface area (Å²) in [5.74, 6) is 1.75. The fourth-order valence-electron chi connectivity index (χ4n) is 3.45. The maximum Gasteiger partial charge on any atom is 0.231 e. The van der Waals surface area contributed by atoms with E-state index in [-0.39, 0.29) is 24.3 Å². The molecule has 0 radical (unpaired) electrons. The molecule has 2 heterocycles. The standard InChI is InChI=1S/C19H21NO6/c1-23-16-8-12(2-3-14(16)21)19(20-4-6-24-7-5-20)13-9-17-18(10-15(13)22)26-11-25-17/h2-3,8-10,19,21-22H,4-7,11H2,1H3/t19-/m0/s1. The van der Waals surface area contributed by atoms with Gasteiger partial charge in [0, 0.05) is 24.7 Å². The van der Waals surface area contributed by atoms with E-state index in [1.165, 1.54) is 7.11 Å². The number of morpholine rings is 1. The Kier molecular flexibility index (Phi) is 4.48. The molecule has 2 aromatic carbocycles. The largest absolute Gasteiger partial charge is 0.507 e. The Bertz CT molecular complexity index is 803. The molecule has 0 amide bonds. The first-order chi connectivity index (χ1) is 12.7. The van der Waals surface area contributed by atoms with Crippen LogP contribution >= 0.6 is 0 Å². The van der Waals surface area contributed by atoms with Crippen molar-refractivity contribution in [1.82, 2.24) is 4.90 Å². The molecule has 0 bridgehead atoms. The molecule has 1 atom stereocenters. The molecule has 0 unspecified atom stereocenters. The molecule has 138 valence electrons. The minimum absolute atomic E-state index is 0.0758. The van der Waals surface area contributed by atoms with Gasteiger partial charge in [-0.1, -0.05) is 6.07 Å². The fraction of sp³-hybridized carbons (Fsp3) is 0.368. The summed E-state index contributed by atoms with van der Waals surface area (Å²) in [4.78, 5) is 2.23. The van der Waals surface area contributed by atoms with Crippen LogP contribution in [0.3, 0.4) is 0 Å². The first-order valence-corrected chi connectivity index (χ1v) is 8.48. The normalized spacial score (nSPS) is 17.9. The number of ether oxygens (including phenoxy) is 4. The molecule has 4 rings (SSSR count). The van der Waals surface area contributed by atoms with E-state index in [9.17, 15) is 10.2 Å². The molecular weight excluding hydrogens is 338 g/mol. The van der Waals surface area contributed by atoms with Gasteiger partial charge in [0.05, 0.1) is 26.4 Å². The number of fused-ring (bicyclic) bond motifs is 1. The second-order valence-electron chi connectivity index (χ2n) is 6.25. The molecular formula is C19H21NO6. The Hall–Kier alpha value is -2.64. The number of phenols is 2. The highest BCUT2D eigenvalue weighted by Gasteiger charge is 2.29. The second kappa shape index (κ2) is 6.93. The summed E-state index contributed by atoms with van der Waals surface area (Å²) in [6.45, 7) is 2.84. The van der Waals surface area contributed by atoms with Gasteiger partial charge in [-0.15, -0.1) is 0 Å². The zero-order valence-electron chi connectivity index (χ0n) is 14.5. The predicted octanol–water partition coefficient (Wildman–Crippen LogP) is 2.26. The van der Waals surface area contributed by atoms with Crippen molar-refractivity contribution in [2.75, 3.05) is 40.2 Å². The minimum atomic E-state index is -0.233. The van der Waals surface area contributed by atoms with Crippen LogP contribution < -0.4 is 14.2 Å². The van der Waals surface area contributed by atoms with E-state index in [4.69, 9.17) is 18.9 Å². The molecule has 0 spiro atoms. The lowest BCUT2D eigenvalue weighted by molar-refractivity contribution is 0.0235. The van der Waals surface area contributed by atoms with Crippen LogP contribution in [0.15, 0.2) is 30.3 Å². The molecule has 1 saturated heterocycles. The van der Waals surface area contributed by atoms with E-state index < -0.39 is 0 Å². The summed E-state index contributed by atoms with van der Waals surface area (Å²) in [6.07, 6.45) is 0. The average Bonchev–Trinajstić information content (AvgIpc) is 3.11. The molecule has 1 fully saturated rings. The lowest BCUT2D eigenvalue weighted by atomic mass is 9.95. The molecule has 0 aromatic heterocycles. The maximum absolute atomic E-state index is 10.6. The van der Waals surface area contributed by atoms with E-state index in [2.05, 4.69) is 4.90 Å². The van der Waals surface area contributed by atoms with Gasteiger partial charge in [-0.3, -0.25) is 4.90 Å². The van der Waals surface area contributed by atoms with Crippen molar-refractivity contribution in [1.29, 1.82) is 0 Å². The number of hydrogen-bond acceptors (Lipinski definition) is 7. The topological polar surface area (TPSA) is 80.6 Å². The van der Waals surface area contributed by atoms with Crippen molar-refractivity contribution in [3.8, 4) is 28.7 Å². The maximum atomic E-state index is 10.6. The molecule has 7 nitrogen and oxygen atoms in total. The number of benzene rings is 2. The van der Waals surface area contributed by atoms with Crippen LogP contribution in [-0.4, -0.2) is 55.3 Å². The van der Waals surface area contributed by atoms with Gasteiger partial charge in [-0.25, -0.2) is 0 Å². The van der Waals surface area contributed by atoms with Crippen molar-refractivity contribution >= 4 is 0 Å². The third-order valence-corrected chi connectivity index (χ3v) is 4.75. The zero-order chi connectivity index (χ0) is 18.1. The summed E-state index contributed by atoms with van der Waals surface area (Å²) >= 11 is 0. The van der Waals surface area contributed by atoms with E-state index in [0.717, 1.165) is 18.7 Å². The van der Waals surface area contributed by atoms with E-state index >= 15 is 0 Å². The van der Waals surface area contributed by atoms with Crippen molar-refractivity contribution in [3.63, 3.8) is 0 Å². The Balaban J connectivity index is 1.81. The number of aromatic hydroxyl groups is 2. The Morgan fingerprint density at radius 2 is 1.73 bits per heavy atom. The van der Waals surface area contributed by atoms with Crippen molar-refractivity contribution < 1.29 is 29.2 Å². The van der Waals surface area contributed by atoms with E-state index in [0.29, 0.717) is 36.0 Å². The first-order valence-electron chi connectivity index (χ1n) is 8.48. The average molecular weight is 359 g/mol. The van der Waals surface area contributed by atoms with Crippen LogP contribution in [0.1, 0.15) is 17.2 Å². The van der Waals surface area contributed by atoms with Crippen molar-refractivity contribution in [3.05, 3.63) is 41.5 Å². The molecule has 2 aliphatic heterocycles. The quantitative estimate of drug-likeness (QED) is 0.867. The van der Waals surface area contributed by atoms with Crippen LogP contribution in [0.5, 0.6) is 28.7 Å². The number of methoxy groups -OCH3 is 1. The van der Waals surface area contributed by atoms with Gasteiger partial charge < -0.3 is 29.2 Å². The number of phenolic OH excluding ortho intramolecular Hbond substituents is 2. The van der Waals surface area contributed by atoms with Gasteiger partial charge in [0.2, 0.25) is 6.79 Å². The monoisotopic (exact) mass is 359 g/mol. The molecule has 2 aromatic rings. The fourth-order valence-corrected chi connectivity index (χ4v) is 3.45. The van der Waals surface area contributed by atoms with E-state index in [1.807, 2.05) is 12.1 Å². The van der Waals surface area contributed by atoms with Gasteiger partial charge >= 0.3 is 0 Å². The van der Waals surface area contributed by atoms with Gasteiger partial charge in [0.15, 0.2) is 23.0 Å².